The van der Waals surface area contributed by atoms with E-state index >= 15 is 0 Å². The number of imidazole rings is 1. The van der Waals surface area contributed by atoms with Crippen LogP contribution in [0.2, 0.25) is 0 Å². The van der Waals surface area contributed by atoms with Crippen molar-refractivity contribution in [1.82, 2.24) is 14.4 Å². The van der Waals surface area contributed by atoms with E-state index in [0.29, 0.717) is 0 Å². The van der Waals surface area contributed by atoms with Crippen LogP contribution in [0.1, 0.15) is 0 Å². The van der Waals surface area contributed by atoms with Gasteiger partial charge in [-0.25, -0.2) is 4.98 Å². The van der Waals surface area contributed by atoms with E-state index in [2.05, 4.69) is 38.6 Å². The number of para-hydroxylation sites is 1. The molecular formula is C26H13N3O2. The van der Waals surface area contributed by atoms with Crippen LogP contribution in [-0.2, 0) is 0 Å². The SMILES string of the molecule is c1ccc2c(c1)oc1c2ccc2oc3ccc4c(c5ccncc5c5nccn45)c3c21. The summed E-state index contributed by atoms with van der Waals surface area (Å²) < 4.78 is 14.8. The van der Waals surface area contributed by atoms with Gasteiger partial charge in [-0.15, -0.1) is 0 Å². The molecule has 144 valence electrons. The molecule has 0 aliphatic heterocycles. The molecule has 31 heavy (non-hydrogen) atoms. The molecule has 3 aromatic carbocycles. The molecule has 5 nitrogen and oxygen atoms in total. The van der Waals surface area contributed by atoms with Crippen LogP contribution in [0.25, 0.3) is 71.2 Å². The Bertz CT molecular complexity index is 2010. The number of pyridine rings is 2. The Labute approximate surface area is 174 Å². The van der Waals surface area contributed by atoms with Gasteiger partial charge in [0, 0.05) is 51.7 Å². The van der Waals surface area contributed by atoms with Gasteiger partial charge < -0.3 is 8.83 Å². The standard InChI is InChI=1S/C26H13N3O2/c1-2-4-19-14(3-1)16-5-7-21-24(25(16)31-19)23-20(30-21)8-6-18-22(23)15-9-10-27-13-17(15)26-28-11-12-29(18)26/h1-13H. The molecule has 0 amide bonds. The summed E-state index contributed by atoms with van der Waals surface area (Å²) in [6, 6.07) is 18.5. The number of fused-ring (bicyclic) bond motifs is 14. The second kappa shape index (κ2) is 5.21. The maximum absolute atomic E-state index is 6.37. The second-order valence-corrected chi connectivity index (χ2v) is 7.89. The fourth-order valence-corrected chi connectivity index (χ4v) is 5.08. The number of aromatic nitrogens is 3. The molecule has 8 aromatic rings. The minimum Gasteiger partial charge on any atom is -0.456 e. The lowest BCUT2D eigenvalue weighted by atomic mass is 10.0. The summed E-state index contributed by atoms with van der Waals surface area (Å²) in [4.78, 5) is 8.95. The Morgan fingerprint density at radius 1 is 0.645 bits per heavy atom. The number of hydrogen-bond acceptors (Lipinski definition) is 4. The van der Waals surface area contributed by atoms with Crippen LogP contribution in [0.15, 0.2) is 88.2 Å². The van der Waals surface area contributed by atoms with Crippen LogP contribution in [0.5, 0.6) is 0 Å². The molecule has 0 saturated heterocycles. The molecule has 0 N–H and O–H groups in total. The zero-order chi connectivity index (χ0) is 20.1. The van der Waals surface area contributed by atoms with Crippen molar-refractivity contribution in [2.45, 2.75) is 0 Å². The van der Waals surface area contributed by atoms with E-state index in [1.54, 1.807) is 0 Å². The second-order valence-electron chi connectivity index (χ2n) is 7.89. The molecule has 5 heterocycles. The number of furan rings is 2. The van der Waals surface area contributed by atoms with E-state index in [9.17, 15) is 0 Å². The minimum atomic E-state index is 0.821. The normalized spacial score (nSPS) is 12.5. The van der Waals surface area contributed by atoms with Crippen LogP contribution < -0.4 is 0 Å². The molecule has 0 spiro atoms. The first-order valence-corrected chi connectivity index (χ1v) is 10.2. The summed E-state index contributed by atoms with van der Waals surface area (Å²) in [5, 5.41) is 7.50. The van der Waals surface area contributed by atoms with Gasteiger partial charge in [-0.05, 0) is 41.8 Å². The largest absolute Gasteiger partial charge is 0.456 e. The van der Waals surface area contributed by atoms with Crippen molar-refractivity contribution >= 4 is 71.2 Å². The molecule has 0 radical (unpaired) electrons. The van der Waals surface area contributed by atoms with E-state index in [1.165, 1.54) is 0 Å². The van der Waals surface area contributed by atoms with Crippen LogP contribution in [0.3, 0.4) is 0 Å². The molecule has 0 aliphatic carbocycles. The molecular weight excluding hydrogens is 386 g/mol. The first-order valence-electron chi connectivity index (χ1n) is 10.2. The summed E-state index contributed by atoms with van der Waals surface area (Å²) >= 11 is 0. The third-order valence-electron chi connectivity index (χ3n) is 6.36. The summed E-state index contributed by atoms with van der Waals surface area (Å²) in [5.41, 5.74) is 5.38. The van der Waals surface area contributed by atoms with E-state index in [0.717, 1.165) is 71.2 Å². The number of hydrogen-bond donors (Lipinski definition) is 0. The topological polar surface area (TPSA) is 56.5 Å². The molecule has 0 aliphatic rings. The zero-order valence-corrected chi connectivity index (χ0v) is 16.2. The maximum atomic E-state index is 6.37. The quantitative estimate of drug-likeness (QED) is 0.262. The van der Waals surface area contributed by atoms with E-state index in [1.807, 2.05) is 55.1 Å². The number of nitrogens with zero attached hydrogens (tertiary/aromatic N) is 3. The summed E-state index contributed by atoms with van der Waals surface area (Å²) in [6.07, 6.45) is 7.54. The average molecular weight is 399 g/mol. The molecule has 0 unspecified atom stereocenters. The molecule has 0 saturated carbocycles. The van der Waals surface area contributed by atoms with Gasteiger partial charge in [-0.2, -0.15) is 0 Å². The lowest BCUT2D eigenvalue weighted by molar-refractivity contribution is 0.663. The average Bonchev–Trinajstić information content (AvgIpc) is 3.53. The van der Waals surface area contributed by atoms with Crippen molar-refractivity contribution in [3.8, 4) is 0 Å². The van der Waals surface area contributed by atoms with Crippen LogP contribution in [0.4, 0.5) is 0 Å². The molecule has 0 fully saturated rings. The lowest BCUT2D eigenvalue weighted by Crippen LogP contribution is -1.91. The van der Waals surface area contributed by atoms with Crippen LogP contribution in [-0.4, -0.2) is 14.4 Å². The Morgan fingerprint density at radius 3 is 2.55 bits per heavy atom. The molecule has 8 rings (SSSR count). The van der Waals surface area contributed by atoms with Crippen LogP contribution >= 0.6 is 0 Å². The predicted octanol–water partition coefficient (Wildman–Crippen LogP) is 6.83. The smallest absolute Gasteiger partial charge is 0.147 e. The van der Waals surface area contributed by atoms with E-state index < -0.39 is 0 Å². The van der Waals surface area contributed by atoms with Crippen molar-refractivity contribution in [1.29, 1.82) is 0 Å². The van der Waals surface area contributed by atoms with Gasteiger partial charge in [0.25, 0.3) is 0 Å². The highest BCUT2D eigenvalue weighted by molar-refractivity contribution is 6.32. The highest BCUT2D eigenvalue weighted by atomic mass is 16.3. The first kappa shape index (κ1) is 15.5. The Balaban J connectivity index is 1.75. The predicted molar refractivity (Wildman–Crippen MR) is 123 cm³/mol. The highest BCUT2D eigenvalue weighted by Gasteiger charge is 2.20. The van der Waals surface area contributed by atoms with Crippen molar-refractivity contribution in [3.63, 3.8) is 0 Å². The lowest BCUT2D eigenvalue weighted by Gasteiger charge is -2.09. The molecule has 0 bridgehead atoms. The molecule has 0 atom stereocenters. The number of benzene rings is 3. The Kier molecular flexibility index (Phi) is 2.60. The van der Waals surface area contributed by atoms with Gasteiger partial charge in [-0.1, -0.05) is 18.2 Å². The fraction of sp³-hybridized carbons (Fsp3) is 0. The molecule has 5 aromatic heterocycles. The van der Waals surface area contributed by atoms with Gasteiger partial charge >= 0.3 is 0 Å². The van der Waals surface area contributed by atoms with Crippen LogP contribution in [0, 0.1) is 0 Å². The fourth-order valence-electron chi connectivity index (χ4n) is 5.08. The minimum absolute atomic E-state index is 0.821. The van der Waals surface area contributed by atoms with Gasteiger partial charge in [0.15, 0.2) is 0 Å². The van der Waals surface area contributed by atoms with Crippen molar-refractivity contribution < 1.29 is 8.83 Å². The zero-order valence-electron chi connectivity index (χ0n) is 16.2. The summed E-state index contributed by atoms with van der Waals surface area (Å²) in [7, 11) is 0. The van der Waals surface area contributed by atoms with Crippen molar-refractivity contribution in [3.05, 3.63) is 79.4 Å². The Morgan fingerprint density at radius 2 is 1.55 bits per heavy atom. The van der Waals surface area contributed by atoms with Gasteiger partial charge in [0.1, 0.15) is 28.0 Å². The first-order chi connectivity index (χ1) is 15.4. The Hall–Kier alpha value is -4.38. The number of rotatable bonds is 0. The van der Waals surface area contributed by atoms with E-state index in [4.69, 9.17) is 8.83 Å². The van der Waals surface area contributed by atoms with E-state index in [-0.39, 0.29) is 0 Å². The van der Waals surface area contributed by atoms with Gasteiger partial charge in [0.2, 0.25) is 0 Å². The summed E-state index contributed by atoms with van der Waals surface area (Å²) in [5.74, 6) is 0. The third-order valence-corrected chi connectivity index (χ3v) is 6.36. The third kappa shape index (κ3) is 1.78. The maximum Gasteiger partial charge on any atom is 0.147 e. The monoisotopic (exact) mass is 399 g/mol. The van der Waals surface area contributed by atoms with Gasteiger partial charge in [-0.3, -0.25) is 9.38 Å². The van der Waals surface area contributed by atoms with Crippen molar-refractivity contribution in [2.75, 3.05) is 0 Å². The molecule has 5 heteroatoms. The summed E-state index contributed by atoms with van der Waals surface area (Å²) in [6.45, 7) is 0. The van der Waals surface area contributed by atoms with Crippen molar-refractivity contribution in [2.24, 2.45) is 0 Å². The van der Waals surface area contributed by atoms with Gasteiger partial charge in [0.05, 0.1) is 10.9 Å². The highest BCUT2D eigenvalue weighted by Crippen LogP contribution is 2.43.